The minimum Gasteiger partial charge on any atom is -0.456 e. The van der Waals surface area contributed by atoms with E-state index in [1.807, 2.05) is 0 Å². The molecule has 0 aliphatic carbocycles. The molecule has 2 aromatic heterocycles. The molecule has 0 aliphatic rings. The Hall–Kier alpha value is -7.30. The van der Waals surface area contributed by atoms with Gasteiger partial charge in [-0.1, -0.05) is 84.9 Å². The fourth-order valence-electron chi connectivity index (χ4n) is 9.35. The molecule has 0 N–H and O–H groups in total. The zero-order valence-corrected chi connectivity index (χ0v) is 33.8. The van der Waals surface area contributed by atoms with Gasteiger partial charge >= 0.3 is 0 Å². The van der Waals surface area contributed by atoms with Crippen LogP contribution in [0.4, 0.5) is 34.1 Å². The highest BCUT2D eigenvalue weighted by Crippen LogP contribution is 2.45. The van der Waals surface area contributed by atoms with Gasteiger partial charge < -0.3 is 18.6 Å². The van der Waals surface area contributed by atoms with Crippen molar-refractivity contribution in [3.05, 3.63) is 192 Å². The summed E-state index contributed by atoms with van der Waals surface area (Å²) in [5, 5.41) is 9.00. The number of hydrogen-bond acceptors (Lipinski definition) is 4. The molecule has 0 spiro atoms. The summed E-state index contributed by atoms with van der Waals surface area (Å²) < 4.78 is 13.5. The van der Waals surface area contributed by atoms with E-state index in [1.54, 1.807) is 0 Å². The van der Waals surface area contributed by atoms with Crippen LogP contribution in [0.2, 0.25) is 0 Å². The summed E-state index contributed by atoms with van der Waals surface area (Å²) in [5.74, 6) is 0. The highest BCUT2D eigenvalue weighted by atomic mass is 16.3. The second-order valence-corrected chi connectivity index (χ2v) is 16.0. The van der Waals surface area contributed by atoms with Crippen molar-refractivity contribution in [2.45, 2.75) is 34.6 Å². The average Bonchev–Trinajstić information content (AvgIpc) is 3.80. The molecule has 2 heterocycles. The van der Waals surface area contributed by atoms with Gasteiger partial charge in [-0.2, -0.15) is 0 Å². The zero-order valence-electron chi connectivity index (χ0n) is 33.8. The Morgan fingerprint density at radius 1 is 0.322 bits per heavy atom. The van der Waals surface area contributed by atoms with Crippen LogP contribution in [0.25, 0.3) is 65.4 Å². The summed E-state index contributed by atoms with van der Waals surface area (Å²) >= 11 is 0. The molecule has 0 radical (unpaired) electrons. The van der Waals surface area contributed by atoms with Crippen LogP contribution in [0.15, 0.2) is 173 Å². The Kier molecular flexibility index (Phi) is 7.92. The van der Waals surface area contributed by atoms with Gasteiger partial charge in [0.25, 0.3) is 0 Å². The van der Waals surface area contributed by atoms with E-state index < -0.39 is 0 Å². The topological polar surface area (TPSA) is 32.8 Å². The zero-order chi connectivity index (χ0) is 39.9. The van der Waals surface area contributed by atoms with E-state index >= 15 is 0 Å². The molecule has 0 saturated heterocycles. The lowest BCUT2D eigenvalue weighted by Gasteiger charge is -2.29. The van der Waals surface area contributed by atoms with Crippen LogP contribution >= 0.6 is 0 Å². The van der Waals surface area contributed by atoms with Crippen molar-refractivity contribution in [1.82, 2.24) is 0 Å². The van der Waals surface area contributed by atoms with Crippen LogP contribution in [0, 0.1) is 34.6 Å². The van der Waals surface area contributed by atoms with Crippen molar-refractivity contribution in [3.8, 4) is 0 Å². The van der Waals surface area contributed by atoms with Crippen LogP contribution < -0.4 is 9.80 Å². The van der Waals surface area contributed by atoms with Crippen molar-refractivity contribution in [3.63, 3.8) is 0 Å². The average molecular weight is 763 g/mol. The molecule has 0 saturated carbocycles. The Balaban J connectivity index is 1.04. The van der Waals surface area contributed by atoms with Crippen LogP contribution in [0.5, 0.6) is 0 Å². The molecular formula is C55H42N2O2. The van der Waals surface area contributed by atoms with Crippen molar-refractivity contribution in [2.24, 2.45) is 0 Å². The second-order valence-electron chi connectivity index (χ2n) is 16.0. The summed E-state index contributed by atoms with van der Waals surface area (Å²) in [6.45, 7) is 10.9. The Morgan fingerprint density at radius 2 is 0.729 bits per heavy atom. The van der Waals surface area contributed by atoms with Gasteiger partial charge in [0.1, 0.15) is 22.3 Å². The fraction of sp³-hybridized carbons (Fsp3) is 0.0909. The number of hydrogen-bond donors (Lipinski definition) is 0. The lowest BCUT2D eigenvalue weighted by molar-refractivity contribution is 0.651. The summed E-state index contributed by atoms with van der Waals surface area (Å²) in [5.41, 5.74) is 16.3. The number of benzene rings is 9. The highest BCUT2D eigenvalue weighted by molar-refractivity contribution is 6.20. The number of anilines is 6. The number of rotatable bonds is 6. The van der Waals surface area contributed by atoms with Gasteiger partial charge in [0.2, 0.25) is 0 Å². The van der Waals surface area contributed by atoms with Gasteiger partial charge in [-0.15, -0.1) is 0 Å². The molecule has 11 aromatic rings. The number of aryl methyl sites for hydroxylation is 5. The van der Waals surface area contributed by atoms with Crippen molar-refractivity contribution in [2.75, 3.05) is 9.80 Å². The first-order valence-corrected chi connectivity index (χ1v) is 20.3. The minimum atomic E-state index is 0.863. The van der Waals surface area contributed by atoms with Gasteiger partial charge in [0.15, 0.2) is 0 Å². The van der Waals surface area contributed by atoms with E-state index in [4.69, 9.17) is 8.83 Å². The normalized spacial score (nSPS) is 11.8. The molecule has 0 unspecified atom stereocenters. The molecule has 11 rings (SSSR count). The molecule has 4 heteroatoms. The van der Waals surface area contributed by atoms with Gasteiger partial charge in [-0.05, 0) is 157 Å². The van der Waals surface area contributed by atoms with Gasteiger partial charge in [0.05, 0.1) is 11.4 Å². The lowest BCUT2D eigenvalue weighted by Crippen LogP contribution is -2.12. The van der Waals surface area contributed by atoms with E-state index in [0.717, 1.165) is 83.0 Å². The summed E-state index contributed by atoms with van der Waals surface area (Å²) in [4.78, 5) is 4.73. The van der Waals surface area contributed by atoms with E-state index in [0.29, 0.717) is 0 Å². The predicted octanol–water partition coefficient (Wildman–Crippen LogP) is 16.3. The summed E-state index contributed by atoms with van der Waals surface area (Å²) in [7, 11) is 0. The first-order chi connectivity index (χ1) is 28.8. The van der Waals surface area contributed by atoms with E-state index in [9.17, 15) is 0 Å². The molecule has 0 fully saturated rings. The molecule has 284 valence electrons. The Bertz CT molecular complexity index is 3180. The fourth-order valence-corrected chi connectivity index (χ4v) is 9.35. The third kappa shape index (κ3) is 5.59. The van der Waals surface area contributed by atoms with Gasteiger partial charge in [0, 0.05) is 49.9 Å². The third-order valence-corrected chi connectivity index (χ3v) is 12.2. The van der Waals surface area contributed by atoms with Crippen LogP contribution in [0.3, 0.4) is 0 Å². The highest BCUT2D eigenvalue weighted by Gasteiger charge is 2.22. The minimum absolute atomic E-state index is 0.863. The summed E-state index contributed by atoms with van der Waals surface area (Å²) in [6.07, 6.45) is 0. The van der Waals surface area contributed by atoms with Crippen molar-refractivity contribution in [1.29, 1.82) is 0 Å². The molecule has 0 aliphatic heterocycles. The maximum Gasteiger partial charge on any atom is 0.142 e. The number of fused-ring (bicyclic) bond motifs is 8. The van der Waals surface area contributed by atoms with E-state index in [1.165, 1.54) is 44.4 Å². The SMILES string of the molecule is Cc1cccc(C)c1N(c1ccccc1)c1ccc2cc3c(cc2c1)oc1c(C)c2oc4cc5cc(N(c6ccccc6)c6c(C)cccc6C)ccc5cc4c2cc13. The Morgan fingerprint density at radius 3 is 1.14 bits per heavy atom. The number of para-hydroxylation sites is 4. The molecule has 0 atom stereocenters. The maximum absolute atomic E-state index is 6.75. The lowest BCUT2D eigenvalue weighted by atomic mass is 10.00. The standard InChI is InChI=1S/C55H42N2O2/c1-33-14-12-15-34(2)52(33)56(42-18-8-6-9-19-42)44-24-22-38-28-46-48-32-49-47-29-39-23-25-45(57(43-20-10-7-11-21-43)53-35(3)16-13-17-36(53)4)27-41(39)31-51(47)59-55(49)37(5)54(48)58-50(46)30-40(38)26-44/h6-32H,1-5H3. The first kappa shape index (κ1) is 34.9. The largest absolute Gasteiger partial charge is 0.456 e. The molecule has 0 amide bonds. The second kappa shape index (κ2) is 13.4. The molecular weight excluding hydrogens is 721 g/mol. The third-order valence-electron chi connectivity index (χ3n) is 12.2. The molecule has 59 heavy (non-hydrogen) atoms. The van der Waals surface area contributed by atoms with Gasteiger partial charge in [-0.3, -0.25) is 0 Å². The van der Waals surface area contributed by atoms with E-state index in [2.05, 4.69) is 208 Å². The number of furan rings is 2. The van der Waals surface area contributed by atoms with Crippen molar-refractivity contribution < 1.29 is 8.83 Å². The van der Waals surface area contributed by atoms with Crippen LogP contribution in [-0.2, 0) is 0 Å². The molecule has 0 bridgehead atoms. The molecule has 4 nitrogen and oxygen atoms in total. The quantitative estimate of drug-likeness (QED) is 0.169. The van der Waals surface area contributed by atoms with Crippen molar-refractivity contribution >= 4 is 99.5 Å². The maximum atomic E-state index is 6.75. The monoisotopic (exact) mass is 762 g/mol. The molecule has 9 aromatic carbocycles. The van der Waals surface area contributed by atoms with Gasteiger partial charge in [-0.25, -0.2) is 0 Å². The summed E-state index contributed by atoms with van der Waals surface area (Å²) in [6, 6.07) is 59.0. The Labute approximate surface area is 343 Å². The predicted molar refractivity (Wildman–Crippen MR) is 249 cm³/mol. The van der Waals surface area contributed by atoms with E-state index in [-0.39, 0.29) is 0 Å². The number of nitrogens with zero attached hydrogens (tertiary/aromatic N) is 2. The smallest absolute Gasteiger partial charge is 0.142 e. The first-order valence-electron chi connectivity index (χ1n) is 20.3. The van der Waals surface area contributed by atoms with Crippen LogP contribution in [-0.4, -0.2) is 0 Å². The van der Waals surface area contributed by atoms with Crippen LogP contribution in [0.1, 0.15) is 27.8 Å².